The van der Waals surface area contributed by atoms with E-state index in [1.807, 2.05) is 23.3 Å². The first kappa shape index (κ1) is 13.5. The molecule has 0 spiro atoms. The Morgan fingerprint density at radius 2 is 2.17 bits per heavy atom. The molecule has 2 aromatic rings. The standard InChI is InChI=1S/C13H17IN4/c1-3-12(15-4-2)13-6-5-11(8-16-13)18-9-10(14)7-17-18/h5-9,12,15H,3-4H2,1-2H3. The van der Waals surface area contributed by atoms with Gasteiger partial charge in [0.05, 0.1) is 27.3 Å². The molecule has 2 aromatic heterocycles. The summed E-state index contributed by atoms with van der Waals surface area (Å²) < 4.78 is 2.96. The number of rotatable bonds is 5. The highest BCUT2D eigenvalue weighted by Gasteiger charge is 2.09. The van der Waals surface area contributed by atoms with Gasteiger partial charge in [-0.15, -0.1) is 0 Å². The molecule has 96 valence electrons. The van der Waals surface area contributed by atoms with Crippen LogP contribution < -0.4 is 5.32 Å². The molecule has 18 heavy (non-hydrogen) atoms. The molecule has 1 unspecified atom stereocenters. The number of hydrogen-bond acceptors (Lipinski definition) is 3. The van der Waals surface area contributed by atoms with Gasteiger partial charge in [0.15, 0.2) is 0 Å². The van der Waals surface area contributed by atoms with E-state index in [0.717, 1.165) is 27.9 Å². The second-order valence-electron chi connectivity index (χ2n) is 4.06. The van der Waals surface area contributed by atoms with E-state index in [9.17, 15) is 0 Å². The molecule has 0 bridgehead atoms. The van der Waals surface area contributed by atoms with Gasteiger partial charge in [-0.3, -0.25) is 4.98 Å². The van der Waals surface area contributed by atoms with Crippen LogP contribution in [0.2, 0.25) is 0 Å². The fraction of sp³-hybridized carbons (Fsp3) is 0.385. The number of halogens is 1. The van der Waals surface area contributed by atoms with Crippen LogP contribution in [0.4, 0.5) is 0 Å². The summed E-state index contributed by atoms with van der Waals surface area (Å²) in [5.74, 6) is 0. The molecule has 0 saturated carbocycles. The zero-order valence-corrected chi connectivity index (χ0v) is 12.8. The van der Waals surface area contributed by atoms with E-state index in [4.69, 9.17) is 0 Å². The topological polar surface area (TPSA) is 42.7 Å². The maximum Gasteiger partial charge on any atom is 0.0829 e. The minimum Gasteiger partial charge on any atom is -0.309 e. The van der Waals surface area contributed by atoms with E-state index in [2.05, 4.69) is 64.0 Å². The van der Waals surface area contributed by atoms with E-state index in [1.165, 1.54) is 0 Å². The number of hydrogen-bond donors (Lipinski definition) is 1. The first-order chi connectivity index (χ1) is 8.74. The summed E-state index contributed by atoms with van der Waals surface area (Å²) in [5, 5.41) is 7.70. The van der Waals surface area contributed by atoms with Crippen LogP contribution in [0, 0.1) is 3.57 Å². The third-order valence-electron chi connectivity index (χ3n) is 2.80. The largest absolute Gasteiger partial charge is 0.309 e. The number of nitrogens with one attached hydrogen (secondary N) is 1. The molecular weight excluding hydrogens is 339 g/mol. The maximum atomic E-state index is 4.53. The van der Waals surface area contributed by atoms with Crippen LogP contribution >= 0.6 is 22.6 Å². The zero-order valence-electron chi connectivity index (χ0n) is 10.6. The molecule has 5 heteroatoms. The lowest BCUT2D eigenvalue weighted by Crippen LogP contribution is -2.21. The second-order valence-corrected chi connectivity index (χ2v) is 5.31. The molecular formula is C13H17IN4. The van der Waals surface area contributed by atoms with Crippen LogP contribution in [0.5, 0.6) is 0 Å². The van der Waals surface area contributed by atoms with Gasteiger partial charge in [0, 0.05) is 12.2 Å². The molecule has 1 atom stereocenters. The fourth-order valence-electron chi connectivity index (χ4n) is 1.89. The Morgan fingerprint density at radius 1 is 1.33 bits per heavy atom. The van der Waals surface area contributed by atoms with E-state index >= 15 is 0 Å². The quantitative estimate of drug-likeness (QED) is 0.838. The Morgan fingerprint density at radius 3 is 2.67 bits per heavy atom. The SMILES string of the molecule is CCNC(CC)c1ccc(-n2cc(I)cn2)cn1. The summed E-state index contributed by atoms with van der Waals surface area (Å²) >= 11 is 2.25. The van der Waals surface area contributed by atoms with E-state index in [0.29, 0.717) is 6.04 Å². The molecule has 0 aliphatic heterocycles. The monoisotopic (exact) mass is 356 g/mol. The summed E-state index contributed by atoms with van der Waals surface area (Å²) in [4.78, 5) is 4.53. The lowest BCUT2D eigenvalue weighted by atomic mass is 10.1. The number of aromatic nitrogens is 3. The van der Waals surface area contributed by atoms with Gasteiger partial charge in [0.25, 0.3) is 0 Å². The highest BCUT2D eigenvalue weighted by atomic mass is 127. The molecule has 0 amide bonds. The van der Waals surface area contributed by atoms with Crippen LogP contribution in [-0.4, -0.2) is 21.3 Å². The highest BCUT2D eigenvalue weighted by Crippen LogP contribution is 2.16. The summed E-state index contributed by atoms with van der Waals surface area (Å²) in [5.41, 5.74) is 2.08. The van der Waals surface area contributed by atoms with Gasteiger partial charge in [-0.2, -0.15) is 5.10 Å². The molecule has 2 heterocycles. The fourth-order valence-corrected chi connectivity index (χ4v) is 2.27. The number of pyridine rings is 1. The van der Waals surface area contributed by atoms with E-state index in [1.54, 1.807) is 0 Å². The Kier molecular flexibility index (Phi) is 4.71. The predicted octanol–water partition coefficient (Wildman–Crippen LogP) is 2.93. The Labute approximate surface area is 121 Å². The van der Waals surface area contributed by atoms with Gasteiger partial charge >= 0.3 is 0 Å². The summed E-state index contributed by atoms with van der Waals surface area (Å²) in [6.07, 6.45) is 6.74. The predicted molar refractivity (Wildman–Crippen MR) is 80.8 cm³/mol. The van der Waals surface area contributed by atoms with Crippen molar-refractivity contribution in [2.75, 3.05) is 6.54 Å². The maximum absolute atomic E-state index is 4.53. The summed E-state index contributed by atoms with van der Waals surface area (Å²) in [6, 6.07) is 4.47. The molecule has 2 rings (SSSR count). The molecule has 0 aliphatic rings. The molecule has 0 saturated heterocycles. The Bertz CT molecular complexity index is 492. The van der Waals surface area contributed by atoms with E-state index in [-0.39, 0.29) is 0 Å². The minimum absolute atomic E-state index is 0.335. The van der Waals surface area contributed by atoms with Gasteiger partial charge in [-0.05, 0) is 47.7 Å². The van der Waals surface area contributed by atoms with Crippen molar-refractivity contribution in [3.05, 3.63) is 40.0 Å². The van der Waals surface area contributed by atoms with Crippen LogP contribution in [0.25, 0.3) is 5.69 Å². The van der Waals surface area contributed by atoms with Crippen molar-refractivity contribution in [2.24, 2.45) is 0 Å². The molecule has 0 aromatic carbocycles. The van der Waals surface area contributed by atoms with Crippen molar-refractivity contribution in [3.8, 4) is 5.69 Å². The third-order valence-corrected chi connectivity index (χ3v) is 3.36. The average Bonchev–Trinajstić information content (AvgIpc) is 2.83. The molecule has 0 radical (unpaired) electrons. The average molecular weight is 356 g/mol. The van der Waals surface area contributed by atoms with Gasteiger partial charge in [0.2, 0.25) is 0 Å². The van der Waals surface area contributed by atoms with Crippen LogP contribution in [0.15, 0.2) is 30.7 Å². The van der Waals surface area contributed by atoms with Crippen molar-refractivity contribution < 1.29 is 0 Å². The van der Waals surface area contributed by atoms with Crippen molar-refractivity contribution in [1.29, 1.82) is 0 Å². The van der Waals surface area contributed by atoms with Gasteiger partial charge in [0.1, 0.15) is 0 Å². The van der Waals surface area contributed by atoms with Gasteiger partial charge in [-0.1, -0.05) is 13.8 Å². The Hall–Kier alpha value is -0.950. The molecule has 0 fully saturated rings. The van der Waals surface area contributed by atoms with Crippen molar-refractivity contribution >= 4 is 22.6 Å². The second kappa shape index (κ2) is 6.29. The number of nitrogens with zero attached hydrogens (tertiary/aromatic N) is 3. The lowest BCUT2D eigenvalue weighted by molar-refractivity contribution is 0.524. The molecule has 4 nitrogen and oxygen atoms in total. The smallest absolute Gasteiger partial charge is 0.0829 e. The van der Waals surface area contributed by atoms with Crippen LogP contribution in [0.1, 0.15) is 32.0 Å². The molecule has 0 aliphatic carbocycles. The zero-order chi connectivity index (χ0) is 13.0. The normalized spacial score (nSPS) is 12.6. The first-order valence-electron chi connectivity index (χ1n) is 6.14. The summed E-state index contributed by atoms with van der Waals surface area (Å²) in [7, 11) is 0. The van der Waals surface area contributed by atoms with Crippen LogP contribution in [0.3, 0.4) is 0 Å². The Balaban J connectivity index is 2.19. The summed E-state index contributed by atoms with van der Waals surface area (Å²) in [6.45, 7) is 5.24. The van der Waals surface area contributed by atoms with Gasteiger partial charge < -0.3 is 5.32 Å². The van der Waals surface area contributed by atoms with Gasteiger partial charge in [-0.25, -0.2) is 4.68 Å². The lowest BCUT2D eigenvalue weighted by Gasteiger charge is -2.15. The van der Waals surface area contributed by atoms with Crippen molar-refractivity contribution in [1.82, 2.24) is 20.1 Å². The van der Waals surface area contributed by atoms with Crippen LogP contribution in [-0.2, 0) is 0 Å². The van der Waals surface area contributed by atoms with Crippen molar-refractivity contribution in [3.63, 3.8) is 0 Å². The van der Waals surface area contributed by atoms with E-state index < -0.39 is 0 Å². The molecule has 1 N–H and O–H groups in total. The van der Waals surface area contributed by atoms with Crippen molar-refractivity contribution in [2.45, 2.75) is 26.3 Å². The highest BCUT2D eigenvalue weighted by molar-refractivity contribution is 14.1. The minimum atomic E-state index is 0.335. The first-order valence-corrected chi connectivity index (χ1v) is 7.22. The third kappa shape index (κ3) is 3.08.